The van der Waals surface area contributed by atoms with Crippen LogP contribution in [-0.4, -0.2) is 51.7 Å². The van der Waals surface area contributed by atoms with Gasteiger partial charge in [-0.2, -0.15) is 0 Å². The molecule has 25 heavy (non-hydrogen) atoms. The first-order valence-corrected chi connectivity index (χ1v) is 8.95. The summed E-state index contributed by atoms with van der Waals surface area (Å²) in [4.78, 5) is 38.9. The minimum atomic E-state index is -0.665. The maximum absolute atomic E-state index is 12.9. The predicted octanol–water partition coefficient (Wildman–Crippen LogP) is 2.62. The number of Topliss-reactive ketones (excluding diaryl/α,β-unsaturated/α-hetero) is 1. The molecule has 0 spiro atoms. The molecule has 0 saturated heterocycles. The van der Waals surface area contributed by atoms with E-state index in [1.807, 2.05) is 0 Å². The van der Waals surface area contributed by atoms with Crippen LogP contribution >= 0.6 is 11.6 Å². The van der Waals surface area contributed by atoms with Crippen LogP contribution in [0.5, 0.6) is 0 Å². The molecular formula is C18H25ClN2O4. The highest BCUT2D eigenvalue weighted by molar-refractivity contribution is 6.30. The van der Waals surface area contributed by atoms with Gasteiger partial charge in [0.2, 0.25) is 5.91 Å². The summed E-state index contributed by atoms with van der Waals surface area (Å²) in [5.74, 6) is -0.859. The Bertz CT molecular complexity index is 704. The van der Waals surface area contributed by atoms with E-state index < -0.39 is 11.3 Å². The van der Waals surface area contributed by atoms with Crippen LogP contribution in [0, 0.1) is 13.8 Å². The van der Waals surface area contributed by atoms with Crippen LogP contribution in [0.25, 0.3) is 0 Å². The number of rotatable bonds is 7. The van der Waals surface area contributed by atoms with Crippen LogP contribution < -0.4 is 0 Å². The third-order valence-electron chi connectivity index (χ3n) is 4.60. The summed E-state index contributed by atoms with van der Waals surface area (Å²) in [6, 6.07) is 0.0894. The Kier molecular flexibility index (Phi) is 5.93. The van der Waals surface area contributed by atoms with E-state index in [0.717, 1.165) is 12.8 Å². The minimum absolute atomic E-state index is 0.0193. The highest BCUT2D eigenvalue weighted by Crippen LogP contribution is 2.29. The van der Waals surface area contributed by atoms with Crippen molar-refractivity contribution in [1.29, 1.82) is 0 Å². The number of nitrogens with zero attached hydrogens (tertiary/aromatic N) is 2. The second-order valence-corrected chi connectivity index (χ2v) is 7.10. The summed E-state index contributed by atoms with van der Waals surface area (Å²) < 4.78 is 6.76. The molecule has 0 bridgehead atoms. The first-order chi connectivity index (χ1) is 11.7. The number of alkyl halides is 1. The average molecular weight is 369 g/mol. The molecule has 1 fully saturated rings. The van der Waals surface area contributed by atoms with Gasteiger partial charge in [0.05, 0.1) is 13.2 Å². The summed E-state index contributed by atoms with van der Waals surface area (Å²) in [6.07, 6.45) is 1.78. The molecule has 1 aliphatic rings. The zero-order valence-electron chi connectivity index (χ0n) is 15.4. The number of hydrogen-bond acceptors (Lipinski definition) is 4. The number of carbonyl (C=O) groups is 3. The number of ketones is 1. The van der Waals surface area contributed by atoms with Crippen LogP contribution in [0.4, 0.5) is 0 Å². The highest BCUT2D eigenvalue weighted by atomic mass is 35.5. The average Bonchev–Trinajstić information content (AvgIpc) is 3.33. The van der Waals surface area contributed by atoms with E-state index in [4.69, 9.17) is 16.3 Å². The van der Waals surface area contributed by atoms with Gasteiger partial charge < -0.3 is 14.2 Å². The van der Waals surface area contributed by atoms with Crippen LogP contribution in [0.3, 0.4) is 0 Å². The number of halogens is 1. The van der Waals surface area contributed by atoms with E-state index in [9.17, 15) is 14.4 Å². The highest BCUT2D eigenvalue weighted by Gasteiger charge is 2.36. The van der Waals surface area contributed by atoms with Crippen molar-refractivity contribution in [1.82, 2.24) is 9.47 Å². The predicted molar refractivity (Wildman–Crippen MR) is 95.2 cm³/mol. The standard InChI is InChI=1S/C18H25ClN2O4/c1-6-25-18(24)16-10(2)15(12(4)20(16)5)14(22)9-21(13-7-8-13)17(23)11(3)19/h11,13H,6-9H2,1-5H3/t11-/m0/s1. The summed E-state index contributed by atoms with van der Waals surface area (Å²) in [7, 11) is 1.73. The topological polar surface area (TPSA) is 68.6 Å². The number of carbonyl (C=O) groups excluding carboxylic acids is 3. The van der Waals surface area contributed by atoms with Crippen molar-refractivity contribution in [3.05, 3.63) is 22.5 Å². The first-order valence-electron chi connectivity index (χ1n) is 8.51. The van der Waals surface area contributed by atoms with Gasteiger partial charge in [-0.25, -0.2) is 4.79 Å². The monoisotopic (exact) mass is 368 g/mol. The van der Waals surface area contributed by atoms with Gasteiger partial charge in [0.15, 0.2) is 5.78 Å². The van der Waals surface area contributed by atoms with Gasteiger partial charge in [0.1, 0.15) is 11.1 Å². The fourth-order valence-corrected chi connectivity index (χ4v) is 3.24. The number of hydrogen-bond donors (Lipinski definition) is 0. The number of aromatic nitrogens is 1. The molecule has 2 rings (SSSR count). The lowest BCUT2D eigenvalue weighted by Crippen LogP contribution is -2.41. The van der Waals surface area contributed by atoms with Crippen molar-refractivity contribution in [2.24, 2.45) is 7.05 Å². The molecule has 0 N–H and O–H groups in total. The Labute approximate surface area is 153 Å². The van der Waals surface area contributed by atoms with Crippen molar-refractivity contribution in [2.75, 3.05) is 13.2 Å². The molecule has 138 valence electrons. The third kappa shape index (κ3) is 3.89. The molecular weight excluding hydrogens is 344 g/mol. The Morgan fingerprint density at radius 2 is 1.92 bits per heavy atom. The van der Waals surface area contributed by atoms with Gasteiger partial charge in [-0.05, 0) is 46.1 Å². The Morgan fingerprint density at radius 1 is 1.32 bits per heavy atom. The summed E-state index contributed by atoms with van der Waals surface area (Å²) >= 11 is 5.92. The molecule has 1 aliphatic carbocycles. The van der Waals surface area contributed by atoms with Crippen LogP contribution in [0.1, 0.15) is 58.8 Å². The maximum Gasteiger partial charge on any atom is 0.355 e. The molecule has 7 heteroatoms. The molecule has 0 aromatic carbocycles. The lowest BCUT2D eigenvalue weighted by molar-refractivity contribution is -0.130. The zero-order valence-corrected chi connectivity index (χ0v) is 16.1. The van der Waals surface area contributed by atoms with E-state index in [-0.39, 0.29) is 30.9 Å². The molecule has 1 heterocycles. The Morgan fingerprint density at radius 3 is 2.40 bits per heavy atom. The number of esters is 1. The molecule has 1 aromatic heterocycles. The first kappa shape index (κ1) is 19.5. The lowest BCUT2D eigenvalue weighted by atomic mass is 10.0. The van der Waals surface area contributed by atoms with E-state index in [1.54, 1.807) is 44.2 Å². The molecule has 1 atom stereocenters. The van der Waals surface area contributed by atoms with Crippen molar-refractivity contribution in [2.45, 2.75) is 52.0 Å². The molecule has 1 aromatic rings. The van der Waals surface area contributed by atoms with E-state index in [1.165, 1.54) is 0 Å². The van der Waals surface area contributed by atoms with Gasteiger partial charge >= 0.3 is 5.97 Å². The summed E-state index contributed by atoms with van der Waals surface area (Å²) in [5, 5.41) is -0.665. The van der Waals surface area contributed by atoms with Crippen molar-refractivity contribution >= 4 is 29.3 Å². The van der Waals surface area contributed by atoms with Crippen molar-refractivity contribution in [3.8, 4) is 0 Å². The van der Waals surface area contributed by atoms with Gasteiger partial charge in [-0.3, -0.25) is 9.59 Å². The molecule has 0 aliphatic heterocycles. The lowest BCUT2D eigenvalue weighted by Gasteiger charge is -2.23. The molecule has 0 unspecified atom stereocenters. The summed E-state index contributed by atoms with van der Waals surface area (Å²) in [5.41, 5.74) is 2.13. The Hall–Kier alpha value is -1.82. The molecule has 6 nitrogen and oxygen atoms in total. The van der Waals surface area contributed by atoms with Gasteiger partial charge in [0, 0.05) is 24.3 Å². The summed E-state index contributed by atoms with van der Waals surface area (Å²) in [6.45, 7) is 7.12. The van der Waals surface area contributed by atoms with E-state index >= 15 is 0 Å². The normalized spacial score (nSPS) is 15.0. The number of amides is 1. The van der Waals surface area contributed by atoms with Crippen LogP contribution in [0.15, 0.2) is 0 Å². The molecule has 1 amide bonds. The smallest absolute Gasteiger partial charge is 0.355 e. The van der Waals surface area contributed by atoms with Crippen molar-refractivity contribution < 1.29 is 19.1 Å². The largest absolute Gasteiger partial charge is 0.461 e. The number of ether oxygens (including phenoxy) is 1. The van der Waals surface area contributed by atoms with E-state index in [2.05, 4.69) is 0 Å². The van der Waals surface area contributed by atoms with Crippen molar-refractivity contribution in [3.63, 3.8) is 0 Å². The second-order valence-electron chi connectivity index (χ2n) is 6.45. The zero-order chi connectivity index (χ0) is 18.9. The molecule has 1 saturated carbocycles. The third-order valence-corrected chi connectivity index (χ3v) is 4.79. The van der Waals surface area contributed by atoms with E-state index in [0.29, 0.717) is 22.5 Å². The fraction of sp³-hybridized carbons (Fsp3) is 0.611. The maximum atomic E-state index is 12.9. The second kappa shape index (κ2) is 7.60. The quantitative estimate of drug-likeness (QED) is 0.421. The van der Waals surface area contributed by atoms with Gasteiger partial charge in [-0.15, -0.1) is 11.6 Å². The molecule has 0 radical (unpaired) electrons. The van der Waals surface area contributed by atoms with Crippen LogP contribution in [0.2, 0.25) is 0 Å². The Balaban J connectivity index is 2.31. The minimum Gasteiger partial charge on any atom is -0.461 e. The van der Waals surface area contributed by atoms with Gasteiger partial charge in [0.25, 0.3) is 0 Å². The van der Waals surface area contributed by atoms with Crippen LogP contribution in [-0.2, 0) is 16.6 Å². The SMILES string of the molecule is CCOC(=O)c1c(C)c(C(=O)CN(C(=O)[C@H](C)Cl)C2CC2)c(C)n1C. The van der Waals surface area contributed by atoms with Gasteiger partial charge in [-0.1, -0.05) is 0 Å². The fourth-order valence-electron chi connectivity index (χ4n) is 3.11.